The van der Waals surface area contributed by atoms with Crippen molar-refractivity contribution in [2.45, 2.75) is 73.0 Å². The number of carboxylic acids is 4. The van der Waals surface area contributed by atoms with Crippen LogP contribution in [-0.4, -0.2) is 144 Å². The maximum atomic E-state index is 13.6. The van der Waals surface area contributed by atoms with E-state index in [0.29, 0.717) is 44.5 Å². The van der Waals surface area contributed by atoms with E-state index in [0.717, 1.165) is 44.5 Å². The quantitative estimate of drug-likeness (QED) is 0.129. The van der Waals surface area contributed by atoms with Crippen molar-refractivity contribution in [3.8, 4) is 0 Å². The number of carbonyl (C=O) groups is 8. The van der Waals surface area contributed by atoms with Crippen LogP contribution in [0.2, 0.25) is 0 Å². The monoisotopic (exact) mass is 1240 g/mol. The topological polar surface area (TPSA) is 230 Å². The van der Waals surface area contributed by atoms with Gasteiger partial charge in [-0.2, -0.15) is 0 Å². The Balaban J connectivity index is 0.000000161. The van der Waals surface area contributed by atoms with E-state index in [-0.39, 0.29) is 23.6 Å². The largest absolute Gasteiger partial charge is 0.480 e. The van der Waals surface area contributed by atoms with Crippen LogP contribution in [0, 0.1) is 0 Å². The van der Waals surface area contributed by atoms with E-state index in [9.17, 15) is 58.8 Å². The lowest BCUT2D eigenvalue weighted by Crippen LogP contribution is -2.58. The minimum Gasteiger partial charge on any atom is -0.480 e. The molecule has 4 N–H and O–H groups in total. The zero-order valence-electron chi connectivity index (χ0n) is 53.6. The molecule has 8 aromatic carbocycles. The number of carbonyl (C=O) groups excluding carboxylic acids is 4. The lowest BCUT2D eigenvalue weighted by molar-refractivity contribution is -0.146. The van der Waals surface area contributed by atoms with Crippen LogP contribution in [0.15, 0.2) is 194 Å². The van der Waals surface area contributed by atoms with Crippen molar-refractivity contribution in [3.63, 3.8) is 0 Å². The van der Waals surface area contributed by atoms with Crippen LogP contribution in [0.4, 0.5) is 0 Å². The van der Waals surface area contributed by atoms with E-state index in [4.69, 9.17) is 0 Å². The Labute approximate surface area is 536 Å². The molecule has 0 saturated carbocycles. The summed E-state index contributed by atoms with van der Waals surface area (Å²) >= 11 is 0. The Bertz CT molecular complexity index is 3530. The second-order valence-corrected chi connectivity index (χ2v) is 24.5. The Kier molecular flexibility index (Phi) is 18.2. The molecule has 8 bridgehead atoms. The highest BCUT2D eigenvalue weighted by Crippen LogP contribution is 2.70. The Morgan fingerprint density at radius 3 is 0.424 bits per heavy atom. The molecule has 0 fully saturated rings. The lowest BCUT2D eigenvalue weighted by atomic mass is 9.42. The third-order valence-electron chi connectivity index (χ3n) is 19.2. The van der Waals surface area contributed by atoms with Gasteiger partial charge < -0.3 is 40.0 Å². The summed E-state index contributed by atoms with van der Waals surface area (Å²) in [5.74, 6) is -5.63. The maximum Gasteiger partial charge on any atom is 0.319 e. The molecule has 16 heteroatoms. The molecular weight excluding hydrogens is 1160 g/mol. The van der Waals surface area contributed by atoms with Crippen molar-refractivity contribution in [3.05, 3.63) is 283 Å². The molecule has 8 aromatic rings. The smallest absolute Gasteiger partial charge is 0.319 e. The van der Waals surface area contributed by atoms with Gasteiger partial charge in [0.05, 0.1) is 0 Å². The maximum absolute atomic E-state index is 13.6. The number of nitrogens with zero attached hydrogens (tertiary/aromatic N) is 4. The van der Waals surface area contributed by atoms with Gasteiger partial charge in [0.25, 0.3) is 0 Å². The van der Waals surface area contributed by atoms with Crippen LogP contribution >= 0.6 is 0 Å². The first-order chi connectivity index (χ1) is 43.7. The van der Waals surface area contributed by atoms with E-state index in [2.05, 4.69) is 0 Å². The van der Waals surface area contributed by atoms with Crippen molar-refractivity contribution in [1.82, 2.24) is 19.6 Å². The summed E-state index contributed by atoms with van der Waals surface area (Å²) < 4.78 is 0. The fourth-order valence-electron chi connectivity index (χ4n) is 14.6. The molecule has 0 aliphatic heterocycles. The fourth-order valence-corrected chi connectivity index (χ4v) is 14.6. The van der Waals surface area contributed by atoms with Crippen LogP contribution < -0.4 is 0 Å². The first kappa shape index (κ1) is 66.0. The highest BCUT2D eigenvalue weighted by Gasteiger charge is 2.69. The summed E-state index contributed by atoms with van der Waals surface area (Å²) in [5.41, 5.74) is 6.16. The van der Waals surface area contributed by atoms with Gasteiger partial charge in [-0.3, -0.25) is 38.4 Å². The van der Waals surface area contributed by atoms with Gasteiger partial charge in [-0.15, -0.1) is 0 Å². The Morgan fingerprint density at radius 1 is 0.239 bits per heavy atom. The number of rotatable bonds is 4. The van der Waals surface area contributed by atoms with Gasteiger partial charge >= 0.3 is 23.9 Å². The van der Waals surface area contributed by atoms with Crippen LogP contribution in [0.3, 0.4) is 0 Å². The molecular formula is C76H76N4O12. The predicted octanol–water partition coefficient (Wildman–Crippen LogP) is 10.4. The standard InChI is InChI=1S/2C30H20O4.4C4H9NO/c2*31-27(32)29-21-13-5-1-9-17(21)25(18-10-2-6-14-22(18)29)30(28(33)34)23-15-7-3-11-19(23)26(29)20-12-4-8-16-24(20)30;4*1-4(6)5(2)3/h2*1-16,25-26H,(H,31,32)(H,33,34);4*1-3H3. The highest BCUT2D eigenvalue weighted by atomic mass is 16.4. The van der Waals surface area contributed by atoms with Crippen LogP contribution in [0.5, 0.6) is 0 Å². The normalized spacial score (nSPS) is 22.0. The number of hydrogen-bond donors (Lipinski definition) is 4. The van der Waals surface area contributed by atoms with Gasteiger partial charge in [0, 0.05) is 108 Å². The number of hydrogen-bond acceptors (Lipinski definition) is 8. The number of aliphatic carboxylic acids is 4. The van der Waals surface area contributed by atoms with Crippen molar-refractivity contribution in [1.29, 1.82) is 0 Å². The minimum absolute atomic E-state index is 0.0926. The molecule has 20 rings (SSSR count). The molecule has 0 radical (unpaired) electrons. The zero-order valence-corrected chi connectivity index (χ0v) is 53.6. The molecule has 0 saturated heterocycles. The second-order valence-electron chi connectivity index (χ2n) is 24.5. The first-order valence-electron chi connectivity index (χ1n) is 30.1. The summed E-state index contributed by atoms with van der Waals surface area (Å²) in [4.78, 5) is 101. The summed E-state index contributed by atoms with van der Waals surface area (Å²) in [5, 5.41) is 44.6. The molecule has 12 aliphatic rings. The van der Waals surface area contributed by atoms with Gasteiger partial charge in [0.1, 0.15) is 21.7 Å². The Morgan fingerprint density at radius 2 is 0.337 bits per heavy atom. The molecule has 12 aliphatic carbocycles. The molecule has 0 spiro atoms. The summed E-state index contributed by atoms with van der Waals surface area (Å²) in [6.45, 7) is 6.11. The number of benzene rings is 8. The lowest BCUT2D eigenvalue weighted by Gasteiger charge is -2.57. The molecule has 16 nitrogen and oxygen atoms in total. The van der Waals surface area contributed by atoms with E-state index in [1.807, 2.05) is 194 Å². The van der Waals surface area contributed by atoms with Crippen molar-refractivity contribution in [2.75, 3.05) is 56.4 Å². The van der Waals surface area contributed by atoms with Crippen molar-refractivity contribution >= 4 is 47.5 Å². The minimum atomic E-state index is -1.39. The fraction of sp³-hybridized carbons (Fsp3) is 0.263. The zero-order chi connectivity index (χ0) is 67.1. The molecule has 92 heavy (non-hydrogen) atoms. The summed E-state index contributed by atoms with van der Waals surface area (Å²) in [7, 11) is 13.8. The molecule has 472 valence electrons. The second kappa shape index (κ2) is 25.4. The number of carboxylic acid groups (broad SMARTS) is 4. The molecule has 0 atom stereocenters. The SMILES string of the molecule is CC(=O)N(C)C.CC(=O)N(C)C.CC(=O)N(C)C.CC(=O)N(C)C.O=C(O)C12c3ccccc3C(c3ccccc31)C1(C(=O)O)c3ccccc3C2c2ccccc21.O=C(O)C12c3ccccc3C(c3ccccc31)C1(C(=O)O)c3ccccc3C2c2ccccc21. The summed E-state index contributed by atoms with van der Waals surface area (Å²) in [6, 6.07) is 60.4. The average molecular weight is 1240 g/mol. The third-order valence-corrected chi connectivity index (χ3v) is 19.2. The van der Waals surface area contributed by atoms with Crippen LogP contribution in [-0.2, 0) is 60.0 Å². The van der Waals surface area contributed by atoms with Crippen LogP contribution in [0.25, 0.3) is 0 Å². The molecule has 4 amide bonds. The number of amides is 4. The molecule has 0 heterocycles. The van der Waals surface area contributed by atoms with E-state index in [1.165, 1.54) is 47.3 Å². The van der Waals surface area contributed by atoms with Crippen molar-refractivity contribution < 1.29 is 58.8 Å². The van der Waals surface area contributed by atoms with Crippen molar-refractivity contribution in [2.24, 2.45) is 0 Å². The average Bonchev–Trinajstić information content (AvgIpc) is 0.663. The van der Waals surface area contributed by atoms with Gasteiger partial charge in [0.15, 0.2) is 0 Å². The predicted molar refractivity (Wildman–Crippen MR) is 350 cm³/mol. The molecule has 0 unspecified atom stereocenters. The van der Waals surface area contributed by atoms with E-state index >= 15 is 0 Å². The van der Waals surface area contributed by atoms with Gasteiger partial charge in [-0.25, -0.2) is 0 Å². The Hall–Kier alpha value is -10.5. The highest BCUT2D eigenvalue weighted by molar-refractivity contribution is 6.01. The van der Waals surface area contributed by atoms with Crippen LogP contribution in [0.1, 0.15) is 140 Å². The summed E-state index contributed by atoms with van der Waals surface area (Å²) in [6.07, 6.45) is 0. The van der Waals surface area contributed by atoms with E-state index < -0.39 is 69.2 Å². The van der Waals surface area contributed by atoms with E-state index in [1.54, 1.807) is 56.4 Å². The third kappa shape index (κ3) is 9.99. The molecule has 0 aromatic heterocycles. The first-order valence-corrected chi connectivity index (χ1v) is 30.1. The van der Waals surface area contributed by atoms with Gasteiger partial charge in [-0.05, 0) is 89.0 Å². The van der Waals surface area contributed by atoms with Gasteiger partial charge in [0.2, 0.25) is 23.6 Å². The van der Waals surface area contributed by atoms with Gasteiger partial charge in [-0.1, -0.05) is 194 Å².